The van der Waals surface area contributed by atoms with E-state index in [4.69, 9.17) is 25.8 Å². The van der Waals surface area contributed by atoms with E-state index in [0.29, 0.717) is 16.5 Å². The van der Waals surface area contributed by atoms with E-state index in [9.17, 15) is 9.59 Å². The molecule has 2 rings (SSSR count). The third kappa shape index (κ3) is 6.54. The molecule has 0 fully saturated rings. The molecule has 6 nitrogen and oxygen atoms in total. The van der Waals surface area contributed by atoms with Crippen LogP contribution >= 0.6 is 11.6 Å². The molecule has 0 bridgehead atoms. The smallest absolute Gasteiger partial charge is 0.331 e. The molecule has 0 unspecified atom stereocenters. The summed E-state index contributed by atoms with van der Waals surface area (Å²) < 4.78 is 15.5. The number of hydrogen-bond acceptors (Lipinski definition) is 5. The lowest BCUT2D eigenvalue weighted by atomic mass is 10.1. The minimum absolute atomic E-state index is 0.364. The summed E-state index contributed by atoms with van der Waals surface area (Å²) in [5, 5.41) is 3.38. The molecule has 0 aliphatic rings. The van der Waals surface area contributed by atoms with E-state index >= 15 is 0 Å². The van der Waals surface area contributed by atoms with Crippen LogP contribution in [0.25, 0.3) is 6.08 Å². The van der Waals surface area contributed by atoms with Gasteiger partial charge in [-0.15, -0.1) is 0 Å². The zero-order valence-corrected chi connectivity index (χ0v) is 17.6. The predicted octanol–water partition coefficient (Wildman–Crippen LogP) is 4.10. The minimum Gasteiger partial charge on any atom is -0.497 e. The van der Waals surface area contributed by atoms with Gasteiger partial charge < -0.3 is 19.5 Å². The Morgan fingerprint density at radius 1 is 1.14 bits per heavy atom. The first-order chi connectivity index (χ1) is 13.8. The highest BCUT2D eigenvalue weighted by molar-refractivity contribution is 6.31. The molecule has 0 saturated carbocycles. The van der Waals surface area contributed by atoms with Gasteiger partial charge in [0.15, 0.2) is 6.61 Å². The van der Waals surface area contributed by atoms with Crippen molar-refractivity contribution in [3.8, 4) is 11.5 Å². The Kier molecular flexibility index (Phi) is 8.09. The number of esters is 1. The molecule has 7 heteroatoms. The second-order valence-electron chi connectivity index (χ2n) is 6.35. The Morgan fingerprint density at radius 2 is 1.90 bits per heavy atom. The van der Waals surface area contributed by atoms with Gasteiger partial charge in [0.1, 0.15) is 11.5 Å². The monoisotopic (exact) mass is 417 g/mol. The maximum absolute atomic E-state index is 12.1. The summed E-state index contributed by atoms with van der Waals surface area (Å²) in [5.41, 5.74) is 2.47. The van der Waals surface area contributed by atoms with Gasteiger partial charge in [-0.3, -0.25) is 4.79 Å². The van der Waals surface area contributed by atoms with E-state index in [0.717, 1.165) is 16.7 Å². The molecule has 1 atom stereocenters. The number of benzene rings is 2. The van der Waals surface area contributed by atoms with Crippen molar-refractivity contribution in [2.24, 2.45) is 0 Å². The molecule has 0 saturated heterocycles. The number of halogens is 1. The van der Waals surface area contributed by atoms with Crippen LogP contribution in [0.3, 0.4) is 0 Å². The zero-order valence-electron chi connectivity index (χ0n) is 16.8. The van der Waals surface area contributed by atoms with Crippen LogP contribution in [0.1, 0.15) is 29.7 Å². The van der Waals surface area contributed by atoms with Crippen molar-refractivity contribution in [1.29, 1.82) is 0 Å². The first-order valence-corrected chi connectivity index (χ1v) is 9.34. The van der Waals surface area contributed by atoms with Gasteiger partial charge in [0.25, 0.3) is 5.91 Å². The summed E-state index contributed by atoms with van der Waals surface area (Å²) in [7, 11) is 3.11. The van der Waals surface area contributed by atoms with Gasteiger partial charge in [0.2, 0.25) is 0 Å². The number of hydrogen-bond donors (Lipinski definition) is 1. The van der Waals surface area contributed by atoms with E-state index in [1.807, 2.05) is 19.1 Å². The minimum atomic E-state index is -0.622. The van der Waals surface area contributed by atoms with E-state index in [1.165, 1.54) is 6.08 Å². The van der Waals surface area contributed by atoms with Gasteiger partial charge in [-0.25, -0.2) is 4.79 Å². The predicted molar refractivity (Wildman–Crippen MR) is 112 cm³/mol. The molecular formula is C22H24ClNO5. The molecule has 0 aliphatic heterocycles. The molecule has 0 radical (unpaired) electrons. The van der Waals surface area contributed by atoms with Crippen LogP contribution in [0.2, 0.25) is 5.02 Å². The Morgan fingerprint density at radius 3 is 2.55 bits per heavy atom. The Labute approximate surface area is 175 Å². The number of ether oxygens (including phenoxy) is 3. The van der Waals surface area contributed by atoms with Crippen LogP contribution in [0.15, 0.2) is 42.5 Å². The fourth-order valence-corrected chi connectivity index (χ4v) is 2.79. The van der Waals surface area contributed by atoms with Gasteiger partial charge in [-0.05, 0) is 55.3 Å². The summed E-state index contributed by atoms with van der Waals surface area (Å²) in [4.78, 5) is 24.0. The molecule has 0 heterocycles. The number of nitrogens with one attached hydrogen (secondary N) is 1. The molecule has 1 N–H and O–H groups in total. The number of amides is 1. The number of carbonyl (C=O) groups is 2. The van der Waals surface area contributed by atoms with Gasteiger partial charge in [0.05, 0.1) is 20.3 Å². The van der Waals surface area contributed by atoms with Crippen molar-refractivity contribution < 1.29 is 23.8 Å². The lowest BCUT2D eigenvalue weighted by Crippen LogP contribution is -2.31. The quantitative estimate of drug-likeness (QED) is 0.517. The van der Waals surface area contributed by atoms with Gasteiger partial charge >= 0.3 is 5.97 Å². The first kappa shape index (κ1) is 22.3. The lowest BCUT2D eigenvalue weighted by molar-refractivity contribution is -0.144. The topological polar surface area (TPSA) is 73.9 Å². The normalized spacial score (nSPS) is 11.8. The maximum atomic E-state index is 12.1. The Balaban J connectivity index is 1.89. The molecular weight excluding hydrogens is 394 g/mol. The number of rotatable bonds is 8. The van der Waals surface area contributed by atoms with Gasteiger partial charge in [-0.2, -0.15) is 0 Å². The average molecular weight is 418 g/mol. The van der Waals surface area contributed by atoms with Crippen LogP contribution in [-0.4, -0.2) is 32.7 Å². The molecule has 0 spiro atoms. The highest BCUT2D eigenvalue weighted by Crippen LogP contribution is 2.29. The lowest BCUT2D eigenvalue weighted by Gasteiger charge is -2.18. The molecule has 29 heavy (non-hydrogen) atoms. The van der Waals surface area contributed by atoms with E-state index in [1.54, 1.807) is 51.5 Å². The third-order valence-corrected chi connectivity index (χ3v) is 4.64. The average Bonchev–Trinajstić information content (AvgIpc) is 2.72. The number of aryl methyl sites for hydroxylation is 1. The standard InChI is InChI=1S/C22H24ClNO5/c1-14-5-6-16(11-19(14)23)7-10-22(26)29-13-21(25)24-15(2)18-12-17(27-3)8-9-20(18)28-4/h5-12,15H,13H2,1-4H3,(H,24,25)/b10-7+/t15-/m1/s1. The molecule has 0 aliphatic carbocycles. The molecule has 2 aromatic rings. The Bertz CT molecular complexity index is 910. The molecule has 2 aromatic carbocycles. The maximum Gasteiger partial charge on any atom is 0.331 e. The van der Waals surface area contributed by atoms with E-state index in [2.05, 4.69) is 5.32 Å². The van der Waals surface area contributed by atoms with Crippen LogP contribution in [0, 0.1) is 6.92 Å². The highest BCUT2D eigenvalue weighted by atomic mass is 35.5. The molecule has 0 aromatic heterocycles. The van der Waals surface area contributed by atoms with Crippen molar-refractivity contribution in [2.75, 3.05) is 20.8 Å². The summed E-state index contributed by atoms with van der Waals surface area (Å²) in [6.45, 7) is 3.30. The highest BCUT2D eigenvalue weighted by Gasteiger charge is 2.16. The van der Waals surface area contributed by atoms with Crippen molar-refractivity contribution in [3.05, 3.63) is 64.2 Å². The fourth-order valence-electron chi connectivity index (χ4n) is 2.60. The molecule has 1 amide bonds. The third-order valence-electron chi connectivity index (χ3n) is 4.23. The van der Waals surface area contributed by atoms with E-state index in [-0.39, 0.29) is 6.04 Å². The summed E-state index contributed by atoms with van der Waals surface area (Å²) in [6, 6.07) is 10.4. The summed E-state index contributed by atoms with van der Waals surface area (Å²) >= 11 is 6.05. The second-order valence-corrected chi connectivity index (χ2v) is 6.75. The number of carbonyl (C=O) groups excluding carboxylic acids is 2. The van der Waals surface area contributed by atoms with Gasteiger partial charge in [-0.1, -0.05) is 23.7 Å². The number of methoxy groups -OCH3 is 2. The second kappa shape index (κ2) is 10.5. The molecule has 154 valence electrons. The summed E-state index contributed by atoms with van der Waals surface area (Å²) in [6.07, 6.45) is 2.83. The fraction of sp³-hybridized carbons (Fsp3) is 0.273. The van der Waals surface area contributed by atoms with Crippen LogP contribution in [-0.2, 0) is 14.3 Å². The van der Waals surface area contributed by atoms with Crippen LogP contribution in [0.4, 0.5) is 0 Å². The van der Waals surface area contributed by atoms with Crippen LogP contribution in [0.5, 0.6) is 11.5 Å². The summed E-state index contributed by atoms with van der Waals surface area (Å²) in [5.74, 6) is 0.218. The van der Waals surface area contributed by atoms with Gasteiger partial charge in [0, 0.05) is 16.7 Å². The van der Waals surface area contributed by atoms with Crippen molar-refractivity contribution >= 4 is 29.6 Å². The largest absolute Gasteiger partial charge is 0.497 e. The van der Waals surface area contributed by atoms with Crippen molar-refractivity contribution in [3.63, 3.8) is 0 Å². The van der Waals surface area contributed by atoms with E-state index < -0.39 is 18.5 Å². The van der Waals surface area contributed by atoms with Crippen molar-refractivity contribution in [2.45, 2.75) is 19.9 Å². The Hall–Kier alpha value is -2.99. The zero-order chi connectivity index (χ0) is 21.4. The van der Waals surface area contributed by atoms with Crippen LogP contribution < -0.4 is 14.8 Å². The first-order valence-electron chi connectivity index (χ1n) is 8.96. The SMILES string of the molecule is COc1ccc(OC)c([C@@H](C)NC(=O)COC(=O)/C=C/c2ccc(C)c(Cl)c2)c1. The van der Waals surface area contributed by atoms with Crippen molar-refractivity contribution in [1.82, 2.24) is 5.32 Å².